The van der Waals surface area contributed by atoms with Crippen molar-refractivity contribution >= 4 is 0 Å². The summed E-state index contributed by atoms with van der Waals surface area (Å²) in [5, 5.41) is 0. The van der Waals surface area contributed by atoms with Crippen molar-refractivity contribution in [1.82, 2.24) is 0 Å². The molecular formula is C5H10O. The molecule has 1 nitrogen and oxygen atoms in total. The molecular weight excluding hydrogens is 76.1 g/mol. The topological polar surface area (TPSA) is 9.23 Å². The number of ether oxygens (including phenoxy) is 1. The van der Waals surface area contributed by atoms with Gasteiger partial charge in [0, 0.05) is 7.11 Å². The first-order valence-electron chi connectivity index (χ1n) is 2.02. The van der Waals surface area contributed by atoms with Crippen LogP contribution in [0.25, 0.3) is 0 Å². The third-order valence-electron chi connectivity index (χ3n) is 0.499. The molecule has 0 atom stereocenters. The van der Waals surface area contributed by atoms with Gasteiger partial charge in [0.05, 0.1) is 6.61 Å². The fraction of sp³-hybridized carbons (Fsp3) is 0.600. The van der Waals surface area contributed by atoms with Crippen LogP contribution in [-0.4, -0.2) is 13.7 Å². The molecule has 0 aromatic rings. The molecule has 0 saturated heterocycles. The van der Waals surface area contributed by atoms with Crippen LogP contribution in [0.3, 0.4) is 0 Å². The third-order valence-corrected chi connectivity index (χ3v) is 0.499. The molecule has 0 N–H and O–H groups in total. The molecule has 0 unspecified atom stereocenters. The Balaban J connectivity index is 2.66. The first-order chi connectivity index (χ1) is 2.91. The van der Waals surface area contributed by atoms with Gasteiger partial charge < -0.3 is 4.74 Å². The molecule has 0 rings (SSSR count). The molecule has 0 saturated carbocycles. The molecule has 36 valence electrons. The number of methoxy groups -OCH3 is 1. The minimum atomic E-state index is 0.733. The van der Waals surface area contributed by atoms with Gasteiger partial charge in [-0.1, -0.05) is 12.2 Å². The Morgan fingerprint density at radius 2 is 2.33 bits per heavy atom. The predicted molar refractivity (Wildman–Crippen MR) is 26.7 cm³/mol. The van der Waals surface area contributed by atoms with Crippen molar-refractivity contribution in [1.29, 1.82) is 0 Å². The van der Waals surface area contributed by atoms with Gasteiger partial charge >= 0.3 is 0 Å². The highest BCUT2D eigenvalue weighted by atomic mass is 16.5. The lowest BCUT2D eigenvalue weighted by molar-refractivity contribution is 0.234. The number of allylic oxidation sites excluding steroid dienone is 1. The van der Waals surface area contributed by atoms with Gasteiger partial charge in [-0.2, -0.15) is 0 Å². The molecule has 0 fully saturated rings. The summed E-state index contributed by atoms with van der Waals surface area (Å²) in [7, 11) is 1.68. The van der Waals surface area contributed by atoms with Crippen molar-refractivity contribution in [3.8, 4) is 0 Å². The first kappa shape index (κ1) is 5.70. The largest absolute Gasteiger partial charge is 0.381 e. The predicted octanol–water partition coefficient (Wildman–Crippen LogP) is 1.21. The molecule has 0 heterocycles. The van der Waals surface area contributed by atoms with Crippen molar-refractivity contribution in [3.63, 3.8) is 0 Å². The normalized spacial score (nSPS) is 10.3. The number of hydrogen-bond acceptors (Lipinski definition) is 1. The minimum absolute atomic E-state index is 0.733. The second-order valence-corrected chi connectivity index (χ2v) is 1.02. The van der Waals surface area contributed by atoms with Crippen molar-refractivity contribution in [2.24, 2.45) is 0 Å². The Hall–Kier alpha value is -0.300. The van der Waals surface area contributed by atoms with Gasteiger partial charge in [0.2, 0.25) is 0 Å². The fourth-order valence-corrected chi connectivity index (χ4v) is 0.192. The molecule has 0 spiro atoms. The van der Waals surface area contributed by atoms with Crippen LogP contribution >= 0.6 is 0 Å². The Morgan fingerprint density at radius 1 is 1.67 bits per heavy atom. The van der Waals surface area contributed by atoms with Crippen LogP contribution in [0.4, 0.5) is 0 Å². The van der Waals surface area contributed by atoms with Gasteiger partial charge in [-0.15, -0.1) is 0 Å². The molecule has 0 aliphatic carbocycles. The molecule has 1 heteroatoms. The van der Waals surface area contributed by atoms with Crippen LogP contribution < -0.4 is 0 Å². The average Bonchev–Trinajstić information content (AvgIpc) is 1.61. The monoisotopic (exact) mass is 86.1 g/mol. The Labute approximate surface area is 38.6 Å². The fourth-order valence-electron chi connectivity index (χ4n) is 0.192. The van der Waals surface area contributed by atoms with E-state index < -0.39 is 0 Å². The van der Waals surface area contributed by atoms with E-state index in [9.17, 15) is 0 Å². The van der Waals surface area contributed by atoms with Crippen molar-refractivity contribution in [2.75, 3.05) is 13.7 Å². The van der Waals surface area contributed by atoms with Crippen LogP contribution in [0.5, 0.6) is 0 Å². The lowest BCUT2D eigenvalue weighted by atomic mass is 10.6. The lowest BCUT2D eigenvalue weighted by Crippen LogP contribution is -1.77. The van der Waals surface area contributed by atoms with Crippen molar-refractivity contribution < 1.29 is 4.74 Å². The van der Waals surface area contributed by atoms with Crippen LogP contribution in [0, 0.1) is 0 Å². The molecule has 0 aromatic carbocycles. The highest BCUT2D eigenvalue weighted by Crippen LogP contribution is 1.68. The molecule has 0 radical (unpaired) electrons. The lowest BCUT2D eigenvalue weighted by Gasteiger charge is -1.81. The van der Waals surface area contributed by atoms with Crippen molar-refractivity contribution in [2.45, 2.75) is 6.92 Å². The van der Waals surface area contributed by atoms with E-state index in [-0.39, 0.29) is 0 Å². The Bertz CT molecular complexity index is 39.2. The van der Waals surface area contributed by atoms with Gasteiger partial charge in [0.15, 0.2) is 0 Å². The third kappa shape index (κ3) is 3.70. The minimum Gasteiger partial charge on any atom is -0.381 e. The Morgan fingerprint density at radius 3 is 2.50 bits per heavy atom. The van der Waals surface area contributed by atoms with Gasteiger partial charge in [0.25, 0.3) is 0 Å². The summed E-state index contributed by atoms with van der Waals surface area (Å²) in [5.74, 6) is 0. The molecule has 0 bridgehead atoms. The molecule has 0 aliphatic rings. The van der Waals surface area contributed by atoms with E-state index >= 15 is 0 Å². The Kier molecular flexibility index (Phi) is 4.46. The maximum Gasteiger partial charge on any atom is 0.0643 e. The maximum absolute atomic E-state index is 4.70. The summed E-state index contributed by atoms with van der Waals surface area (Å²) in [6, 6.07) is 0. The van der Waals surface area contributed by atoms with E-state index in [1.807, 2.05) is 19.1 Å². The summed E-state index contributed by atoms with van der Waals surface area (Å²) >= 11 is 0. The van der Waals surface area contributed by atoms with Crippen LogP contribution in [0.2, 0.25) is 0 Å². The highest BCUT2D eigenvalue weighted by molar-refractivity contribution is 4.75. The smallest absolute Gasteiger partial charge is 0.0643 e. The second-order valence-electron chi connectivity index (χ2n) is 1.02. The number of hydrogen-bond donors (Lipinski definition) is 0. The second kappa shape index (κ2) is 4.70. The van der Waals surface area contributed by atoms with E-state index in [0.29, 0.717) is 0 Å². The van der Waals surface area contributed by atoms with Crippen LogP contribution in [-0.2, 0) is 4.74 Å². The van der Waals surface area contributed by atoms with Gasteiger partial charge in [-0.25, -0.2) is 0 Å². The summed E-state index contributed by atoms with van der Waals surface area (Å²) in [4.78, 5) is 0. The molecule has 6 heavy (non-hydrogen) atoms. The summed E-state index contributed by atoms with van der Waals surface area (Å²) in [6.07, 6.45) is 3.92. The van der Waals surface area contributed by atoms with E-state index in [1.54, 1.807) is 7.11 Å². The summed E-state index contributed by atoms with van der Waals surface area (Å²) in [6.45, 7) is 2.70. The summed E-state index contributed by atoms with van der Waals surface area (Å²) < 4.78 is 4.70. The van der Waals surface area contributed by atoms with Gasteiger partial charge in [0.1, 0.15) is 0 Å². The SMILES string of the molecule is C/C=C/COC. The van der Waals surface area contributed by atoms with E-state index in [0.717, 1.165) is 6.61 Å². The zero-order valence-corrected chi connectivity index (χ0v) is 4.27. The van der Waals surface area contributed by atoms with Gasteiger partial charge in [-0.3, -0.25) is 0 Å². The van der Waals surface area contributed by atoms with Crippen LogP contribution in [0.1, 0.15) is 6.92 Å². The molecule has 0 aromatic heterocycles. The molecule has 0 amide bonds. The zero-order chi connectivity index (χ0) is 4.83. The summed E-state index contributed by atoms with van der Waals surface area (Å²) in [5.41, 5.74) is 0. The maximum atomic E-state index is 4.70. The average molecular weight is 86.1 g/mol. The van der Waals surface area contributed by atoms with Crippen LogP contribution in [0.15, 0.2) is 12.2 Å². The standard InChI is InChI=1S/C5H10O/c1-3-4-5-6-2/h3-4H,5H2,1-2H3/b4-3+. The zero-order valence-electron chi connectivity index (χ0n) is 4.27. The number of rotatable bonds is 2. The van der Waals surface area contributed by atoms with E-state index in [1.165, 1.54) is 0 Å². The first-order valence-corrected chi connectivity index (χ1v) is 2.02. The highest BCUT2D eigenvalue weighted by Gasteiger charge is 1.62. The molecule has 0 aliphatic heterocycles. The quantitative estimate of drug-likeness (QED) is 0.459. The van der Waals surface area contributed by atoms with Crippen molar-refractivity contribution in [3.05, 3.63) is 12.2 Å². The van der Waals surface area contributed by atoms with E-state index in [4.69, 9.17) is 4.74 Å². The van der Waals surface area contributed by atoms with E-state index in [2.05, 4.69) is 0 Å². The van der Waals surface area contributed by atoms with Gasteiger partial charge in [-0.05, 0) is 6.92 Å².